The Kier molecular flexibility index (Phi) is 1.59. The molecule has 0 spiro atoms. The Labute approximate surface area is 66.5 Å². The number of nitriles is 1. The van der Waals surface area contributed by atoms with Gasteiger partial charge in [0.25, 0.3) is 0 Å². The lowest BCUT2D eigenvalue weighted by molar-refractivity contribution is -0.100. The summed E-state index contributed by atoms with van der Waals surface area (Å²) in [5, 5.41) is 8.93. The molecule has 60 valence electrons. The van der Waals surface area contributed by atoms with Crippen molar-refractivity contribution in [2.75, 3.05) is 26.3 Å². The first-order valence-corrected chi connectivity index (χ1v) is 4.11. The molecular weight excluding hydrogens is 140 g/mol. The SMILES string of the molecule is N#CC1(N2CCCC2)COC1. The second kappa shape index (κ2) is 2.47. The summed E-state index contributed by atoms with van der Waals surface area (Å²) < 4.78 is 5.08. The third-order valence-electron chi connectivity index (χ3n) is 2.60. The largest absolute Gasteiger partial charge is 0.375 e. The Hall–Kier alpha value is -0.590. The van der Waals surface area contributed by atoms with Gasteiger partial charge in [0.2, 0.25) is 0 Å². The quantitative estimate of drug-likeness (QED) is 0.545. The van der Waals surface area contributed by atoms with Crippen LogP contribution in [0, 0.1) is 11.3 Å². The lowest BCUT2D eigenvalue weighted by Gasteiger charge is -2.42. The summed E-state index contributed by atoms with van der Waals surface area (Å²) in [6.07, 6.45) is 2.48. The molecule has 0 saturated carbocycles. The van der Waals surface area contributed by atoms with Gasteiger partial charge in [-0.05, 0) is 25.9 Å². The van der Waals surface area contributed by atoms with E-state index in [1.54, 1.807) is 0 Å². The summed E-state index contributed by atoms with van der Waals surface area (Å²) in [5.74, 6) is 0. The van der Waals surface area contributed by atoms with E-state index in [-0.39, 0.29) is 5.54 Å². The summed E-state index contributed by atoms with van der Waals surface area (Å²) in [4.78, 5) is 2.26. The maximum absolute atomic E-state index is 8.93. The van der Waals surface area contributed by atoms with E-state index in [1.807, 2.05) is 0 Å². The zero-order valence-electron chi connectivity index (χ0n) is 6.55. The summed E-state index contributed by atoms with van der Waals surface area (Å²) in [7, 11) is 0. The Morgan fingerprint density at radius 3 is 2.27 bits per heavy atom. The van der Waals surface area contributed by atoms with Crippen molar-refractivity contribution in [3.05, 3.63) is 0 Å². The zero-order valence-corrected chi connectivity index (χ0v) is 6.55. The summed E-state index contributed by atoms with van der Waals surface area (Å²) in [6, 6.07) is 2.36. The molecule has 2 saturated heterocycles. The lowest BCUT2D eigenvalue weighted by atomic mass is 9.98. The molecule has 2 rings (SSSR count). The van der Waals surface area contributed by atoms with Gasteiger partial charge in [0.1, 0.15) is 0 Å². The summed E-state index contributed by atoms with van der Waals surface area (Å²) in [5.41, 5.74) is -0.240. The van der Waals surface area contributed by atoms with Crippen LogP contribution in [0.3, 0.4) is 0 Å². The molecule has 0 aromatic heterocycles. The first-order chi connectivity index (χ1) is 5.37. The van der Waals surface area contributed by atoms with E-state index >= 15 is 0 Å². The third kappa shape index (κ3) is 0.943. The molecule has 3 heteroatoms. The highest BCUT2D eigenvalue weighted by Gasteiger charge is 2.45. The van der Waals surface area contributed by atoms with E-state index < -0.39 is 0 Å². The van der Waals surface area contributed by atoms with E-state index in [0.717, 1.165) is 13.1 Å². The molecule has 11 heavy (non-hydrogen) atoms. The van der Waals surface area contributed by atoms with Gasteiger partial charge < -0.3 is 4.74 Å². The molecular formula is C8H12N2O. The third-order valence-corrected chi connectivity index (χ3v) is 2.60. The topological polar surface area (TPSA) is 36.3 Å². The molecule has 0 N–H and O–H groups in total. The smallest absolute Gasteiger partial charge is 0.156 e. The van der Waals surface area contributed by atoms with Crippen molar-refractivity contribution < 1.29 is 4.74 Å². The van der Waals surface area contributed by atoms with Gasteiger partial charge in [-0.1, -0.05) is 0 Å². The highest BCUT2D eigenvalue weighted by Crippen LogP contribution is 2.27. The summed E-state index contributed by atoms with van der Waals surface area (Å²) in [6.45, 7) is 3.39. The number of hydrogen-bond acceptors (Lipinski definition) is 3. The molecule has 2 fully saturated rings. The fraction of sp³-hybridized carbons (Fsp3) is 0.875. The van der Waals surface area contributed by atoms with Crippen LogP contribution < -0.4 is 0 Å². The van der Waals surface area contributed by atoms with Gasteiger partial charge in [0.05, 0.1) is 19.3 Å². The molecule has 0 aromatic rings. The lowest BCUT2D eigenvalue weighted by Crippen LogP contribution is -2.60. The van der Waals surface area contributed by atoms with E-state index in [9.17, 15) is 0 Å². The highest BCUT2D eigenvalue weighted by atomic mass is 16.5. The maximum atomic E-state index is 8.93. The molecule has 0 radical (unpaired) electrons. The van der Waals surface area contributed by atoms with Crippen molar-refractivity contribution in [3.8, 4) is 6.07 Å². The van der Waals surface area contributed by atoms with Crippen molar-refractivity contribution in [2.45, 2.75) is 18.4 Å². The van der Waals surface area contributed by atoms with Crippen LogP contribution in [0.2, 0.25) is 0 Å². The van der Waals surface area contributed by atoms with Crippen molar-refractivity contribution in [3.63, 3.8) is 0 Å². The van der Waals surface area contributed by atoms with E-state index in [4.69, 9.17) is 10.00 Å². The van der Waals surface area contributed by atoms with Crippen LogP contribution in [0.25, 0.3) is 0 Å². The number of nitrogens with zero attached hydrogens (tertiary/aromatic N) is 2. The fourth-order valence-corrected chi connectivity index (χ4v) is 1.76. The van der Waals surface area contributed by atoms with Gasteiger partial charge >= 0.3 is 0 Å². The van der Waals surface area contributed by atoms with Crippen LogP contribution in [-0.2, 0) is 4.74 Å². The first-order valence-electron chi connectivity index (χ1n) is 4.11. The molecule has 0 amide bonds. The van der Waals surface area contributed by atoms with Crippen molar-refractivity contribution in [2.24, 2.45) is 0 Å². The number of likely N-dealkylation sites (tertiary alicyclic amines) is 1. The van der Waals surface area contributed by atoms with Gasteiger partial charge in [-0.25, -0.2) is 0 Å². The van der Waals surface area contributed by atoms with Crippen LogP contribution >= 0.6 is 0 Å². The Morgan fingerprint density at radius 1 is 1.27 bits per heavy atom. The van der Waals surface area contributed by atoms with E-state index in [2.05, 4.69) is 11.0 Å². The average molecular weight is 152 g/mol. The number of ether oxygens (including phenoxy) is 1. The molecule has 2 aliphatic rings. The Bertz CT molecular complexity index is 187. The van der Waals surface area contributed by atoms with E-state index in [0.29, 0.717) is 13.2 Å². The molecule has 2 aliphatic heterocycles. The van der Waals surface area contributed by atoms with Crippen LogP contribution in [0.4, 0.5) is 0 Å². The molecule has 0 atom stereocenters. The fourth-order valence-electron chi connectivity index (χ4n) is 1.76. The van der Waals surface area contributed by atoms with Gasteiger partial charge in [-0.15, -0.1) is 0 Å². The number of rotatable bonds is 1. The van der Waals surface area contributed by atoms with Gasteiger partial charge in [-0.3, -0.25) is 4.90 Å². The van der Waals surface area contributed by atoms with Gasteiger partial charge in [-0.2, -0.15) is 5.26 Å². The minimum absolute atomic E-state index is 0.240. The number of hydrogen-bond donors (Lipinski definition) is 0. The van der Waals surface area contributed by atoms with Crippen molar-refractivity contribution >= 4 is 0 Å². The predicted octanol–water partition coefficient (Wildman–Crippen LogP) is 0.375. The van der Waals surface area contributed by atoms with Gasteiger partial charge in [0.15, 0.2) is 5.54 Å². The molecule has 2 heterocycles. The van der Waals surface area contributed by atoms with Crippen molar-refractivity contribution in [1.29, 1.82) is 5.26 Å². The molecule has 3 nitrogen and oxygen atoms in total. The second-order valence-corrected chi connectivity index (χ2v) is 3.33. The average Bonchev–Trinajstić information content (AvgIpc) is 2.39. The monoisotopic (exact) mass is 152 g/mol. The molecule has 0 bridgehead atoms. The maximum Gasteiger partial charge on any atom is 0.156 e. The zero-order chi connectivity index (χ0) is 7.73. The molecule has 0 aliphatic carbocycles. The minimum atomic E-state index is -0.240. The predicted molar refractivity (Wildman–Crippen MR) is 40.0 cm³/mol. The van der Waals surface area contributed by atoms with Gasteiger partial charge in [0, 0.05) is 0 Å². The second-order valence-electron chi connectivity index (χ2n) is 3.33. The minimum Gasteiger partial charge on any atom is -0.375 e. The first kappa shape index (κ1) is 7.08. The summed E-state index contributed by atoms with van der Waals surface area (Å²) >= 11 is 0. The Morgan fingerprint density at radius 2 is 1.91 bits per heavy atom. The van der Waals surface area contributed by atoms with Crippen LogP contribution in [0.15, 0.2) is 0 Å². The molecule has 0 aromatic carbocycles. The van der Waals surface area contributed by atoms with Crippen LogP contribution in [0.1, 0.15) is 12.8 Å². The molecule has 0 unspecified atom stereocenters. The highest BCUT2D eigenvalue weighted by molar-refractivity contribution is 5.13. The Balaban J connectivity index is 2.06. The standard InChI is InChI=1S/C8H12N2O/c9-5-8(6-11-7-8)10-3-1-2-4-10/h1-4,6-7H2. The van der Waals surface area contributed by atoms with E-state index in [1.165, 1.54) is 12.8 Å². The van der Waals surface area contributed by atoms with Crippen molar-refractivity contribution in [1.82, 2.24) is 4.90 Å². The van der Waals surface area contributed by atoms with Crippen LogP contribution in [0.5, 0.6) is 0 Å². The normalized spacial score (nSPS) is 29.4. The van der Waals surface area contributed by atoms with Crippen LogP contribution in [-0.4, -0.2) is 36.7 Å².